The van der Waals surface area contributed by atoms with E-state index in [0.29, 0.717) is 5.75 Å². The van der Waals surface area contributed by atoms with Crippen LogP contribution in [-0.2, 0) is 20.7 Å². The first kappa shape index (κ1) is 18.6. The van der Waals surface area contributed by atoms with Gasteiger partial charge in [-0.05, 0) is 5.75 Å². The third-order valence-electron chi connectivity index (χ3n) is 1.06. The summed E-state index contributed by atoms with van der Waals surface area (Å²) in [6, 6.07) is 0. The van der Waals surface area contributed by atoms with Crippen LogP contribution in [0.5, 0.6) is 0 Å². The minimum absolute atomic E-state index is 0.130. The van der Waals surface area contributed by atoms with Gasteiger partial charge in [0.1, 0.15) is 0 Å². The fraction of sp³-hybridized carbons (Fsp3) is 1.00. The second-order valence-electron chi connectivity index (χ2n) is 2.30. The molecule has 0 saturated carbocycles. The van der Waals surface area contributed by atoms with E-state index in [1.54, 1.807) is 11.8 Å². The summed E-state index contributed by atoms with van der Waals surface area (Å²) in [5, 5.41) is 0. The summed E-state index contributed by atoms with van der Waals surface area (Å²) >= 11 is 3.39. The van der Waals surface area contributed by atoms with Crippen molar-refractivity contribution in [3.05, 3.63) is 0 Å². The molecule has 6 nitrogen and oxygen atoms in total. The lowest BCUT2D eigenvalue weighted by atomic mass is 10.9. The van der Waals surface area contributed by atoms with Gasteiger partial charge >= 0.3 is 10.6 Å². The van der Waals surface area contributed by atoms with E-state index in [0.717, 1.165) is 17.3 Å². The predicted molar refractivity (Wildman–Crippen MR) is 66.4 cm³/mol. The Kier molecular flexibility index (Phi) is 13.6. The van der Waals surface area contributed by atoms with Crippen molar-refractivity contribution >= 4 is 44.3 Å². The summed E-state index contributed by atoms with van der Waals surface area (Å²) in [4.78, 5) is 0. The second kappa shape index (κ2) is 11.7. The van der Waals surface area contributed by atoms with Crippen LogP contribution in [-0.4, -0.2) is 54.4 Å². The zero-order chi connectivity index (χ0) is 13.0. The largest absolute Gasteiger partial charge is 0.425 e. The highest BCUT2D eigenvalue weighted by Gasteiger charge is 2.02. The minimum atomic E-state index is -3.74. The second-order valence-corrected chi connectivity index (χ2v) is 6.90. The van der Waals surface area contributed by atoms with Crippen LogP contribution in [0.3, 0.4) is 0 Å². The first-order valence-corrected chi connectivity index (χ1v) is 9.08. The summed E-state index contributed by atoms with van der Waals surface area (Å²) in [6.07, 6.45) is 0. The Labute approximate surface area is 105 Å². The first-order valence-electron chi connectivity index (χ1n) is 4.17. The molecular weight excluding hydrogens is 296 g/mol. The Morgan fingerprint density at radius 2 is 1.50 bits per heavy atom. The number of hydrogen-bond acceptors (Lipinski definition) is 7. The van der Waals surface area contributed by atoms with Crippen LogP contribution in [0.1, 0.15) is 6.92 Å². The van der Waals surface area contributed by atoms with E-state index >= 15 is 0 Å². The zero-order valence-corrected chi connectivity index (χ0v) is 11.9. The number of thioether (sulfide) groups is 2. The average Bonchev–Trinajstić information content (AvgIpc) is 2.08. The van der Waals surface area contributed by atoms with E-state index in [2.05, 4.69) is 6.92 Å². The summed E-state index contributed by atoms with van der Waals surface area (Å²) < 4.78 is 54.2. The quantitative estimate of drug-likeness (QED) is 0.530. The Morgan fingerprint density at radius 3 is 1.88 bits per heavy atom. The lowest BCUT2D eigenvalue weighted by Gasteiger charge is -1.98. The molecule has 0 aromatic rings. The Bertz CT molecular complexity index is 337. The predicted octanol–water partition coefficient (Wildman–Crippen LogP) is 0.356. The van der Waals surface area contributed by atoms with Gasteiger partial charge in [0.05, 0.1) is 5.75 Å². The molecule has 0 aromatic heterocycles. The van der Waals surface area contributed by atoms with Crippen molar-refractivity contribution in [3.63, 3.8) is 0 Å². The molecule has 0 bridgehead atoms. The summed E-state index contributed by atoms with van der Waals surface area (Å²) in [5.74, 6) is 3.46. The molecule has 0 aliphatic carbocycles. The van der Waals surface area contributed by atoms with Crippen molar-refractivity contribution in [2.24, 2.45) is 0 Å². The molecule has 0 unspecified atom stereocenters. The van der Waals surface area contributed by atoms with Gasteiger partial charge in [0.2, 0.25) is 0 Å². The van der Waals surface area contributed by atoms with Gasteiger partial charge in [0.25, 0.3) is 10.1 Å². The molecule has 0 fully saturated rings. The van der Waals surface area contributed by atoms with Gasteiger partial charge < -0.3 is 0 Å². The van der Waals surface area contributed by atoms with Crippen molar-refractivity contribution in [2.45, 2.75) is 6.92 Å². The van der Waals surface area contributed by atoms with Crippen LogP contribution >= 0.6 is 23.5 Å². The number of hydrogen-bond donors (Lipinski definition) is 1. The van der Waals surface area contributed by atoms with E-state index in [4.69, 9.17) is 17.2 Å². The van der Waals surface area contributed by atoms with Crippen molar-refractivity contribution in [2.75, 3.05) is 28.8 Å². The highest BCUT2D eigenvalue weighted by Crippen LogP contribution is 2.06. The van der Waals surface area contributed by atoms with Gasteiger partial charge in [-0.15, -0.1) is 12.6 Å². The highest BCUT2D eigenvalue weighted by molar-refractivity contribution is 8.03. The third-order valence-corrected chi connectivity index (χ3v) is 4.19. The molecule has 0 aliphatic heterocycles. The SMILES string of the molecule is CCSCCSCCS(=O)(=O)O.O=S(=O)=O. The van der Waals surface area contributed by atoms with Gasteiger partial charge in [-0.3, -0.25) is 4.55 Å². The minimum Gasteiger partial charge on any atom is -0.286 e. The van der Waals surface area contributed by atoms with Crippen molar-refractivity contribution in [1.82, 2.24) is 0 Å². The standard InChI is InChI=1S/C6H14O3S3.O3S/c1-2-10-3-4-11-5-6-12(7,8)9;1-4(2)3/h2-6H2,1H3,(H,7,8,9);. The molecule has 0 spiro atoms. The fourth-order valence-corrected chi connectivity index (χ4v) is 3.28. The van der Waals surface area contributed by atoms with Gasteiger partial charge in [0.15, 0.2) is 0 Å². The summed E-state index contributed by atoms with van der Waals surface area (Å²) in [6.45, 7) is 2.09. The maximum absolute atomic E-state index is 10.3. The lowest BCUT2D eigenvalue weighted by Crippen LogP contribution is -2.06. The summed E-state index contributed by atoms with van der Waals surface area (Å²) in [7, 11) is -6.86. The molecule has 0 aromatic carbocycles. The van der Waals surface area contributed by atoms with E-state index in [1.165, 1.54) is 0 Å². The van der Waals surface area contributed by atoms with Crippen LogP contribution < -0.4 is 0 Å². The molecule has 10 heteroatoms. The smallest absolute Gasteiger partial charge is 0.286 e. The van der Waals surface area contributed by atoms with Crippen LogP contribution in [0.4, 0.5) is 0 Å². The van der Waals surface area contributed by atoms with E-state index in [1.807, 2.05) is 11.8 Å². The molecule has 0 atom stereocenters. The molecule has 0 amide bonds. The van der Waals surface area contributed by atoms with E-state index in [9.17, 15) is 8.42 Å². The van der Waals surface area contributed by atoms with Crippen molar-refractivity contribution in [3.8, 4) is 0 Å². The molecule has 16 heavy (non-hydrogen) atoms. The van der Waals surface area contributed by atoms with Gasteiger partial charge in [-0.2, -0.15) is 31.9 Å². The molecule has 0 rings (SSSR count). The molecule has 0 heterocycles. The zero-order valence-electron chi connectivity index (χ0n) is 8.66. The molecule has 0 radical (unpaired) electrons. The van der Waals surface area contributed by atoms with E-state index < -0.39 is 20.7 Å². The van der Waals surface area contributed by atoms with Crippen molar-refractivity contribution in [1.29, 1.82) is 0 Å². The summed E-state index contributed by atoms with van der Waals surface area (Å²) in [5.41, 5.74) is 0. The Hall–Kier alpha value is 0.230. The number of rotatable bonds is 7. The van der Waals surface area contributed by atoms with Gasteiger partial charge in [-0.25, -0.2) is 0 Å². The average molecular weight is 310 g/mol. The Balaban J connectivity index is 0. The maximum atomic E-state index is 10.3. The molecule has 0 saturated heterocycles. The van der Waals surface area contributed by atoms with Crippen LogP contribution in [0, 0.1) is 0 Å². The maximum Gasteiger partial charge on any atom is 0.425 e. The molecule has 0 aliphatic rings. The van der Waals surface area contributed by atoms with E-state index in [-0.39, 0.29) is 5.75 Å². The first-order chi connectivity index (χ1) is 7.29. The normalized spacial score (nSPS) is 10.4. The monoisotopic (exact) mass is 310 g/mol. The van der Waals surface area contributed by atoms with Gasteiger partial charge in [0, 0.05) is 17.3 Å². The third kappa shape index (κ3) is 29.2. The van der Waals surface area contributed by atoms with Crippen molar-refractivity contribution < 1.29 is 25.6 Å². The molecule has 98 valence electrons. The van der Waals surface area contributed by atoms with Crippen LogP contribution in [0.2, 0.25) is 0 Å². The molecular formula is C6H14O6S4. The molecule has 1 N–H and O–H groups in total. The van der Waals surface area contributed by atoms with Crippen LogP contribution in [0.25, 0.3) is 0 Å². The van der Waals surface area contributed by atoms with Crippen LogP contribution in [0.15, 0.2) is 0 Å². The fourth-order valence-electron chi connectivity index (χ4n) is 0.528. The lowest BCUT2D eigenvalue weighted by molar-refractivity contribution is 0.485. The topological polar surface area (TPSA) is 106 Å². The van der Waals surface area contributed by atoms with Gasteiger partial charge in [-0.1, -0.05) is 6.92 Å². The Morgan fingerprint density at radius 1 is 1.06 bits per heavy atom. The highest BCUT2D eigenvalue weighted by atomic mass is 32.2.